The van der Waals surface area contributed by atoms with Gasteiger partial charge in [-0.15, -0.1) is 0 Å². The molecule has 0 aromatic carbocycles. The quantitative estimate of drug-likeness (QED) is 0.841. The molecular weight excluding hydrogens is 308 g/mol. The van der Waals surface area contributed by atoms with E-state index in [0.717, 1.165) is 51.9 Å². The number of amides is 1. The van der Waals surface area contributed by atoms with E-state index >= 15 is 0 Å². The molecule has 132 valence electrons. The van der Waals surface area contributed by atoms with Crippen molar-refractivity contribution in [2.24, 2.45) is 5.92 Å². The maximum atomic E-state index is 12.6. The first-order chi connectivity index (χ1) is 11.5. The van der Waals surface area contributed by atoms with Crippen LogP contribution in [0.4, 0.5) is 0 Å². The fourth-order valence-corrected chi connectivity index (χ4v) is 3.54. The van der Waals surface area contributed by atoms with Crippen molar-refractivity contribution < 1.29 is 13.9 Å². The smallest absolute Gasteiger partial charge is 0.339 e. The van der Waals surface area contributed by atoms with Crippen molar-refractivity contribution in [1.82, 2.24) is 9.80 Å². The summed E-state index contributed by atoms with van der Waals surface area (Å²) in [7, 11) is 2.11. The van der Waals surface area contributed by atoms with Gasteiger partial charge in [-0.05, 0) is 39.9 Å². The van der Waals surface area contributed by atoms with Crippen molar-refractivity contribution in [3.8, 4) is 5.75 Å². The van der Waals surface area contributed by atoms with Crippen molar-refractivity contribution in [2.45, 2.75) is 38.7 Å². The fraction of sp³-hybridized carbons (Fsp3) is 0.667. The Morgan fingerprint density at radius 1 is 1.12 bits per heavy atom. The van der Waals surface area contributed by atoms with E-state index in [9.17, 15) is 9.59 Å². The molecule has 3 rings (SSSR count). The third-order valence-corrected chi connectivity index (χ3v) is 4.99. The van der Waals surface area contributed by atoms with Gasteiger partial charge in [0.2, 0.25) is 5.91 Å². The summed E-state index contributed by atoms with van der Waals surface area (Å²) in [6.07, 6.45) is 3.58. The molecule has 2 saturated heterocycles. The van der Waals surface area contributed by atoms with Crippen molar-refractivity contribution in [2.75, 3.05) is 33.2 Å². The van der Waals surface area contributed by atoms with Gasteiger partial charge in [-0.25, -0.2) is 4.79 Å². The molecule has 24 heavy (non-hydrogen) atoms. The second-order valence-electron chi connectivity index (χ2n) is 6.94. The number of nitrogens with zero attached hydrogens (tertiary/aromatic N) is 2. The van der Waals surface area contributed by atoms with E-state index in [1.165, 1.54) is 6.07 Å². The Morgan fingerprint density at radius 2 is 1.79 bits per heavy atom. The average molecular weight is 334 g/mol. The van der Waals surface area contributed by atoms with Gasteiger partial charge in [-0.2, -0.15) is 0 Å². The molecule has 1 aromatic rings. The first-order valence-corrected chi connectivity index (χ1v) is 8.77. The SMILES string of the molecule is Cc1cc(OC2CCN(C(=O)C3CCN(C)CC3)CC2)cc(=O)o1. The molecule has 0 aliphatic carbocycles. The van der Waals surface area contributed by atoms with Crippen LogP contribution < -0.4 is 10.4 Å². The van der Waals surface area contributed by atoms with Gasteiger partial charge in [-0.3, -0.25) is 4.79 Å². The van der Waals surface area contributed by atoms with E-state index in [4.69, 9.17) is 9.15 Å². The number of hydrogen-bond donors (Lipinski definition) is 0. The zero-order chi connectivity index (χ0) is 17.1. The van der Waals surface area contributed by atoms with E-state index < -0.39 is 0 Å². The number of hydrogen-bond acceptors (Lipinski definition) is 5. The van der Waals surface area contributed by atoms with Gasteiger partial charge in [0.25, 0.3) is 0 Å². The van der Waals surface area contributed by atoms with Gasteiger partial charge in [0.05, 0.1) is 6.07 Å². The normalized spacial score (nSPS) is 21.0. The van der Waals surface area contributed by atoms with E-state index in [2.05, 4.69) is 11.9 Å². The van der Waals surface area contributed by atoms with Gasteiger partial charge in [0.1, 0.15) is 17.6 Å². The highest BCUT2D eigenvalue weighted by Crippen LogP contribution is 2.23. The Hall–Kier alpha value is -1.82. The molecule has 6 nitrogen and oxygen atoms in total. The van der Waals surface area contributed by atoms with Gasteiger partial charge in [0, 0.05) is 37.9 Å². The topological polar surface area (TPSA) is 63.0 Å². The highest BCUT2D eigenvalue weighted by Gasteiger charge is 2.30. The predicted molar refractivity (Wildman–Crippen MR) is 90.2 cm³/mol. The molecule has 3 heterocycles. The lowest BCUT2D eigenvalue weighted by Crippen LogP contribution is -2.46. The molecule has 1 amide bonds. The molecule has 0 spiro atoms. The van der Waals surface area contributed by atoms with Crippen LogP contribution in [0.5, 0.6) is 5.75 Å². The third-order valence-electron chi connectivity index (χ3n) is 4.99. The summed E-state index contributed by atoms with van der Waals surface area (Å²) < 4.78 is 10.8. The van der Waals surface area contributed by atoms with Crippen molar-refractivity contribution in [1.29, 1.82) is 0 Å². The summed E-state index contributed by atoms with van der Waals surface area (Å²) in [6, 6.07) is 3.11. The van der Waals surface area contributed by atoms with Crippen LogP contribution >= 0.6 is 0 Å². The minimum absolute atomic E-state index is 0.0488. The number of carbonyl (C=O) groups excluding carboxylic acids is 1. The molecule has 0 saturated carbocycles. The minimum Gasteiger partial charge on any atom is -0.490 e. The largest absolute Gasteiger partial charge is 0.490 e. The lowest BCUT2D eigenvalue weighted by atomic mass is 9.94. The predicted octanol–water partition coefficient (Wildman–Crippen LogP) is 1.66. The zero-order valence-corrected chi connectivity index (χ0v) is 14.5. The molecular formula is C18H26N2O4. The Labute approximate surface area is 142 Å². The van der Waals surface area contributed by atoms with Gasteiger partial charge in [-0.1, -0.05) is 0 Å². The highest BCUT2D eigenvalue weighted by atomic mass is 16.5. The molecule has 0 atom stereocenters. The lowest BCUT2D eigenvalue weighted by molar-refractivity contribution is -0.138. The summed E-state index contributed by atoms with van der Waals surface area (Å²) in [5.41, 5.74) is -0.389. The average Bonchev–Trinajstić information content (AvgIpc) is 2.55. The molecule has 0 unspecified atom stereocenters. The lowest BCUT2D eigenvalue weighted by Gasteiger charge is -2.36. The number of aryl methyl sites for hydroxylation is 1. The van der Waals surface area contributed by atoms with Crippen LogP contribution in [0.1, 0.15) is 31.4 Å². The molecule has 0 N–H and O–H groups in total. The van der Waals surface area contributed by atoms with Crippen LogP contribution in [0.15, 0.2) is 21.3 Å². The van der Waals surface area contributed by atoms with Crippen LogP contribution in [0.25, 0.3) is 0 Å². The molecule has 2 aliphatic heterocycles. The summed E-state index contributed by atoms with van der Waals surface area (Å²) in [5, 5.41) is 0. The summed E-state index contributed by atoms with van der Waals surface area (Å²) >= 11 is 0. The van der Waals surface area contributed by atoms with E-state index in [1.807, 2.05) is 4.90 Å². The van der Waals surface area contributed by atoms with Crippen molar-refractivity contribution in [3.63, 3.8) is 0 Å². The highest BCUT2D eigenvalue weighted by molar-refractivity contribution is 5.79. The third kappa shape index (κ3) is 4.17. The Bertz CT molecular complexity index is 626. The number of likely N-dealkylation sites (tertiary alicyclic amines) is 2. The van der Waals surface area contributed by atoms with Crippen molar-refractivity contribution in [3.05, 3.63) is 28.3 Å². The van der Waals surface area contributed by atoms with Crippen LogP contribution in [0.3, 0.4) is 0 Å². The van der Waals surface area contributed by atoms with Crippen LogP contribution in [-0.4, -0.2) is 55.0 Å². The van der Waals surface area contributed by atoms with Crippen LogP contribution in [-0.2, 0) is 4.79 Å². The first kappa shape index (κ1) is 17.0. The Kier molecular flexibility index (Phi) is 5.23. The second kappa shape index (κ2) is 7.38. The van der Waals surface area contributed by atoms with E-state index in [1.54, 1.807) is 13.0 Å². The number of piperidine rings is 2. The van der Waals surface area contributed by atoms with Gasteiger partial charge in [0.15, 0.2) is 0 Å². The summed E-state index contributed by atoms with van der Waals surface area (Å²) in [5.74, 6) is 1.59. The molecule has 2 aliphatic rings. The molecule has 6 heteroatoms. The van der Waals surface area contributed by atoms with Gasteiger partial charge >= 0.3 is 5.63 Å². The van der Waals surface area contributed by atoms with E-state index in [-0.39, 0.29) is 17.6 Å². The summed E-state index contributed by atoms with van der Waals surface area (Å²) in [4.78, 5) is 28.3. The maximum absolute atomic E-state index is 12.6. The standard InChI is InChI=1S/C18H26N2O4/c1-13-11-16(12-17(21)23-13)24-15-5-9-20(10-6-15)18(22)14-3-7-19(2)8-4-14/h11-12,14-15H,3-10H2,1-2H3. The second-order valence-corrected chi connectivity index (χ2v) is 6.94. The van der Waals surface area contributed by atoms with Crippen molar-refractivity contribution >= 4 is 5.91 Å². The molecule has 0 bridgehead atoms. The minimum atomic E-state index is -0.389. The Balaban J connectivity index is 1.50. The number of rotatable bonds is 3. The molecule has 2 fully saturated rings. The van der Waals surface area contributed by atoms with Crippen LogP contribution in [0, 0.1) is 12.8 Å². The summed E-state index contributed by atoms with van der Waals surface area (Å²) in [6.45, 7) is 5.21. The number of carbonyl (C=O) groups is 1. The van der Waals surface area contributed by atoms with E-state index in [0.29, 0.717) is 17.4 Å². The molecule has 0 radical (unpaired) electrons. The first-order valence-electron chi connectivity index (χ1n) is 8.77. The Morgan fingerprint density at radius 3 is 2.42 bits per heavy atom. The van der Waals surface area contributed by atoms with Gasteiger partial charge < -0.3 is 19.0 Å². The fourth-order valence-electron chi connectivity index (χ4n) is 3.54. The monoisotopic (exact) mass is 334 g/mol. The number of ether oxygens (including phenoxy) is 1. The molecule has 1 aromatic heterocycles. The maximum Gasteiger partial charge on any atom is 0.339 e. The zero-order valence-electron chi connectivity index (χ0n) is 14.5. The van der Waals surface area contributed by atoms with Crippen LogP contribution in [0.2, 0.25) is 0 Å².